The Hall–Kier alpha value is -3.41. The molecule has 0 bridgehead atoms. The van der Waals surface area contributed by atoms with Crippen LogP contribution in [0.2, 0.25) is 0 Å². The number of amides is 2. The summed E-state index contributed by atoms with van der Waals surface area (Å²) in [6.45, 7) is 10.9. The van der Waals surface area contributed by atoms with Crippen molar-refractivity contribution in [1.82, 2.24) is 14.7 Å². The predicted molar refractivity (Wildman–Crippen MR) is 133 cm³/mol. The van der Waals surface area contributed by atoms with Crippen LogP contribution in [-0.2, 0) is 10.2 Å². The van der Waals surface area contributed by atoms with Gasteiger partial charge in [0.1, 0.15) is 12.4 Å². The fourth-order valence-electron chi connectivity index (χ4n) is 3.54. The Balaban J connectivity index is 1.86. The van der Waals surface area contributed by atoms with E-state index in [1.165, 1.54) is 0 Å². The molecule has 0 atom stereocenters. The third-order valence-electron chi connectivity index (χ3n) is 5.51. The van der Waals surface area contributed by atoms with Crippen LogP contribution < -0.4 is 5.32 Å². The number of unbranched alkanes of at least 4 members (excludes halogenated alkanes) is 1. The summed E-state index contributed by atoms with van der Waals surface area (Å²) < 4.78 is 1.78. The molecule has 0 spiro atoms. The van der Waals surface area contributed by atoms with Gasteiger partial charge in [0, 0.05) is 23.6 Å². The lowest BCUT2D eigenvalue weighted by atomic mass is 9.92. The summed E-state index contributed by atoms with van der Waals surface area (Å²) in [4.78, 5) is 27.8. The maximum Gasteiger partial charge on any atom is 0.254 e. The van der Waals surface area contributed by atoms with Crippen LogP contribution in [-0.4, -0.2) is 39.6 Å². The molecule has 0 saturated carbocycles. The molecule has 0 unspecified atom stereocenters. The summed E-state index contributed by atoms with van der Waals surface area (Å²) in [6.07, 6.45) is 1.77. The van der Waals surface area contributed by atoms with Crippen molar-refractivity contribution in [3.05, 3.63) is 77.5 Å². The summed E-state index contributed by atoms with van der Waals surface area (Å²) in [5.41, 5.74) is 3.25. The SMILES string of the molecule is CCCCN(CC(=O)Nc1cc(C(C)(C)C)nn1-c1ccccc1C)C(=O)c1ccccc1. The van der Waals surface area contributed by atoms with Gasteiger partial charge in [0.15, 0.2) is 0 Å². The summed E-state index contributed by atoms with van der Waals surface area (Å²) in [5.74, 6) is 0.217. The van der Waals surface area contributed by atoms with Gasteiger partial charge in [0.2, 0.25) is 5.91 Å². The van der Waals surface area contributed by atoms with Crippen molar-refractivity contribution < 1.29 is 9.59 Å². The monoisotopic (exact) mass is 446 g/mol. The number of anilines is 1. The number of nitrogens with one attached hydrogen (secondary N) is 1. The third kappa shape index (κ3) is 6.09. The number of hydrogen-bond donors (Lipinski definition) is 1. The second-order valence-electron chi connectivity index (χ2n) is 9.36. The minimum absolute atomic E-state index is 0.0163. The van der Waals surface area contributed by atoms with Crippen LogP contribution >= 0.6 is 0 Å². The molecule has 6 heteroatoms. The molecule has 0 aliphatic heterocycles. The Morgan fingerprint density at radius 1 is 1.03 bits per heavy atom. The third-order valence-corrected chi connectivity index (χ3v) is 5.51. The number of carbonyl (C=O) groups excluding carboxylic acids is 2. The quantitative estimate of drug-likeness (QED) is 0.507. The molecule has 1 N–H and O–H groups in total. The Kier molecular flexibility index (Phi) is 7.69. The maximum absolute atomic E-state index is 13.1. The Labute approximate surface area is 196 Å². The lowest BCUT2D eigenvalue weighted by Gasteiger charge is -2.22. The van der Waals surface area contributed by atoms with E-state index >= 15 is 0 Å². The number of aryl methyl sites for hydroxylation is 1. The number of aromatic nitrogens is 2. The van der Waals surface area contributed by atoms with Gasteiger partial charge in [-0.1, -0.05) is 70.5 Å². The molecule has 6 nitrogen and oxygen atoms in total. The van der Waals surface area contributed by atoms with Crippen molar-refractivity contribution in [2.24, 2.45) is 0 Å². The molecule has 0 radical (unpaired) electrons. The molecule has 0 saturated heterocycles. The molecule has 174 valence electrons. The minimum atomic E-state index is -0.245. The van der Waals surface area contributed by atoms with E-state index in [0.717, 1.165) is 29.8 Å². The number of rotatable bonds is 8. The van der Waals surface area contributed by atoms with E-state index in [2.05, 4.69) is 33.0 Å². The molecule has 33 heavy (non-hydrogen) atoms. The molecule has 0 aliphatic rings. The van der Waals surface area contributed by atoms with E-state index in [4.69, 9.17) is 5.10 Å². The van der Waals surface area contributed by atoms with E-state index in [1.54, 1.807) is 21.7 Å². The lowest BCUT2D eigenvalue weighted by Crippen LogP contribution is -2.39. The van der Waals surface area contributed by atoms with Crippen LogP contribution in [0.5, 0.6) is 0 Å². The van der Waals surface area contributed by atoms with Crippen LogP contribution in [0.4, 0.5) is 5.82 Å². The van der Waals surface area contributed by atoms with E-state index in [0.29, 0.717) is 17.9 Å². The van der Waals surface area contributed by atoms with Gasteiger partial charge in [0.05, 0.1) is 11.4 Å². The number of para-hydroxylation sites is 1. The van der Waals surface area contributed by atoms with Crippen molar-refractivity contribution in [3.63, 3.8) is 0 Å². The molecular formula is C27H34N4O2. The summed E-state index contributed by atoms with van der Waals surface area (Å²) >= 11 is 0. The van der Waals surface area contributed by atoms with Gasteiger partial charge >= 0.3 is 0 Å². The fraction of sp³-hybridized carbons (Fsp3) is 0.370. The van der Waals surface area contributed by atoms with Gasteiger partial charge in [-0.05, 0) is 37.1 Å². The average Bonchev–Trinajstić information content (AvgIpc) is 3.21. The summed E-state index contributed by atoms with van der Waals surface area (Å²) in [6, 6.07) is 19.0. The summed E-state index contributed by atoms with van der Waals surface area (Å²) in [5, 5.41) is 7.81. The molecule has 2 aromatic carbocycles. The van der Waals surface area contributed by atoms with Gasteiger partial charge in [-0.25, -0.2) is 4.68 Å². The highest BCUT2D eigenvalue weighted by atomic mass is 16.2. The van der Waals surface area contributed by atoms with E-state index in [-0.39, 0.29) is 23.8 Å². The van der Waals surface area contributed by atoms with Crippen LogP contribution in [0.15, 0.2) is 60.7 Å². The molecule has 0 fully saturated rings. The number of nitrogens with zero attached hydrogens (tertiary/aromatic N) is 3. The lowest BCUT2D eigenvalue weighted by molar-refractivity contribution is -0.117. The van der Waals surface area contributed by atoms with Crippen LogP contribution in [0.25, 0.3) is 5.69 Å². The van der Waals surface area contributed by atoms with Crippen LogP contribution in [0, 0.1) is 6.92 Å². The van der Waals surface area contributed by atoms with Gasteiger partial charge in [-0.2, -0.15) is 5.10 Å². The Morgan fingerprint density at radius 2 is 1.70 bits per heavy atom. The molecule has 2 amide bonds. The van der Waals surface area contributed by atoms with Crippen molar-refractivity contribution in [1.29, 1.82) is 0 Å². The van der Waals surface area contributed by atoms with Crippen molar-refractivity contribution in [2.45, 2.75) is 52.9 Å². The number of hydrogen-bond acceptors (Lipinski definition) is 3. The molecule has 3 aromatic rings. The topological polar surface area (TPSA) is 67.2 Å². The molecular weight excluding hydrogens is 412 g/mol. The predicted octanol–water partition coefficient (Wildman–Crippen LogP) is 5.36. The van der Waals surface area contributed by atoms with Gasteiger partial charge in [0.25, 0.3) is 5.91 Å². The minimum Gasteiger partial charge on any atom is -0.329 e. The second-order valence-corrected chi connectivity index (χ2v) is 9.36. The maximum atomic E-state index is 13.1. The van der Waals surface area contributed by atoms with Gasteiger partial charge < -0.3 is 10.2 Å². The second kappa shape index (κ2) is 10.5. The first kappa shape index (κ1) is 24.2. The molecule has 1 aromatic heterocycles. The highest BCUT2D eigenvalue weighted by Crippen LogP contribution is 2.27. The molecule has 0 aliphatic carbocycles. The van der Waals surface area contributed by atoms with Gasteiger partial charge in [-0.3, -0.25) is 9.59 Å². The Bertz CT molecular complexity index is 1100. The normalized spacial score (nSPS) is 11.3. The number of benzene rings is 2. The molecule has 3 rings (SSSR count). The standard InChI is InChI=1S/C27H34N4O2/c1-6-7-17-30(26(33)21-14-9-8-10-15-21)19-25(32)28-24-18-23(27(3,4)5)29-31(24)22-16-12-11-13-20(22)2/h8-16,18H,6-7,17,19H2,1-5H3,(H,28,32). The highest BCUT2D eigenvalue weighted by Gasteiger charge is 2.23. The summed E-state index contributed by atoms with van der Waals surface area (Å²) in [7, 11) is 0. The van der Waals surface area contributed by atoms with Crippen molar-refractivity contribution >= 4 is 17.6 Å². The molecule has 1 heterocycles. The number of carbonyl (C=O) groups is 2. The van der Waals surface area contributed by atoms with Gasteiger partial charge in [-0.15, -0.1) is 0 Å². The van der Waals surface area contributed by atoms with E-state index in [9.17, 15) is 9.59 Å². The van der Waals surface area contributed by atoms with Crippen LogP contribution in [0.1, 0.15) is 62.2 Å². The Morgan fingerprint density at radius 3 is 2.33 bits per heavy atom. The highest BCUT2D eigenvalue weighted by molar-refractivity contribution is 5.99. The first-order chi connectivity index (χ1) is 15.7. The zero-order chi connectivity index (χ0) is 24.0. The van der Waals surface area contributed by atoms with E-state index in [1.807, 2.05) is 55.5 Å². The van der Waals surface area contributed by atoms with Crippen molar-refractivity contribution in [2.75, 3.05) is 18.4 Å². The average molecular weight is 447 g/mol. The smallest absolute Gasteiger partial charge is 0.254 e. The zero-order valence-corrected chi connectivity index (χ0v) is 20.3. The van der Waals surface area contributed by atoms with E-state index < -0.39 is 0 Å². The van der Waals surface area contributed by atoms with Crippen molar-refractivity contribution in [3.8, 4) is 5.69 Å². The fourth-order valence-corrected chi connectivity index (χ4v) is 3.54. The zero-order valence-electron chi connectivity index (χ0n) is 20.3. The largest absolute Gasteiger partial charge is 0.329 e. The first-order valence-electron chi connectivity index (χ1n) is 11.5. The first-order valence-corrected chi connectivity index (χ1v) is 11.5. The van der Waals surface area contributed by atoms with Crippen LogP contribution in [0.3, 0.4) is 0 Å².